The Bertz CT molecular complexity index is 492. The Hall–Kier alpha value is -2.08. The minimum atomic E-state index is -6.73. The molecule has 6 nitrogen and oxygen atoms in total. The van der Waals surface area contributed by atoms with E-state index in [2.05, 4.69) is 4.74 Å². The highest BCUT2D eigenvalue weighted by Gasteiger charge is 2.76. The number of amides is 1. The van der Waals surface area contributed by atoms with Gasteiger partial charge in [0.2, 0.25) is 0 Å². The van der Waals surface area contributed by atoms with Gasteiger partial charge in [0.15, 0.2) is 0 Å². The number of nitrogens with one attached hydrogen (secondary N) is 1. The number of aliphatic carboxylic acids is 1. The zero-order valence-corrected chi connectivity index (χ0v) is 11.9. The Morgan fingerprint density at radius 3 is 1.96 bits per heavy atom. The average Bonchev–Trinajstić information content (AvgIpc) is 2.41. The van der Waals surface area contributed by atoms with E-state index in [0.717, 1.165) is 5.32 Å². The summed E-state index contributed by atoms with van der Waals surface area (Å²) >= 11 is 0. The largest absolute Gasteiger partial charge is 0.481 e. The van der Waals surface area contributed by atoms with E-state index in [1.54, 1.807) is 0 Å². The van der Waals surface area contributed by atoms with Crippen LogP contribution in [0.3, 0.4) is 0 Å². The molecule has 0 fully saturated rings. The summed E-state index contributed by atoms with van der Waals surface area (Å²) in [4.78, 5) is 32.9. The number of esters is 1. The first kappa shape index (κ1) is 21.9. The fraction of sp³-hybridized carbons (Fsp3) is 0.727. The van der Waals surface area contributed by atoms with Crippen LogP contribution >= 0.6 is 0 Å². The van der Waals surface area contributed by atoms with Crippen molar-refractivity contribution in [2.24, 2.45) is 0 Å². The van der Waals surface area contributed by atoms with Crippen molar-refractivity contribution in [2.75, 3.05) is 6.61 Å². The van der Waals surface area contributed by atoms with Crippen LogP contribution in [0.5, 0.6) is 0 Å². The molecule has 0 aromatic heterocycles. The number of rotatable bonds is 8. The molecule has 0 aliphatic heterocycles. The average molecular weight is 371 g/mol. The molecule has 13 heteroatoms. The van der Waals surface area contributed by atoms with E-state index in [1.807, 2.05) is 0 Å². The molecule has 0 bridgehead atoms. The quantitative estimate of drug-likeness (QED) is 0.501. The normalized spacial score (nSPS) is 14.0. The second-order valence-electron chi connectivity index (χ2n) is 4.36. The van der Waals surface area contributed by atoms with E-state index in [1.165, 1.54) is 6.92 Å². The molecule has 0 spiro atoms. The minimum Gasteiger partial charge on any atom is -0.481 e. The van der Waals surface area contributed by atoms with Crippen LogP contribution in [-0.4, -0.2) is 53.6 Å². The van der Waals surface area contributed by atoms with E-state index < -0.39 is 54.8 Å². The van der Waals surface area contributed by atoms with Crippen LogP contribution in [0.15, 0.2) is 0 Å². The standard InChI is InChI=1S/C11H12F7NO5/c1-2-24-7(22)5(3-4-6(20)21)19-8(23)9(12,13)10(14,15)11(16,17)18/h5H,2-4H2,1H3,(H,19,23)(H,20,21)/t5-/m0/s1. The monoisotopic (exact) mass is 371 g/mol. The van der Waals surface area contributed by atoms with E-state index in [-0.39, 0.29) is 6.61 Å². The van der Waals surface area contributed by atoms with Crippen molar-refractivity contribution in [1.82, 2.24) is 5.32 Å². The van der Waals surface area contributed by atoms with Gasteiger partial charge in [-0.3, -0.25) is 9.59 Å². The van der Waals surface area contributed by atoms with Gasteiger partial charge >= 0.3 is 30.0 Å². The van der Waals surface area contributed by atoms with Crippen molar-refractivity contribution in [3.05, 3.63) is 0 Å². The lowest BCUT2D eigenvalue weighted by atomic mass is 10.1. The van der Waals surface area contributed by atoms with E-state index in [4.69, 9.17) is 5.11 Å². The molecule has 0 saturated heterocycles. The van der Waals surface area contributed by atoms with Crippen LogP contribution in [0.2, 0.25) is 0 Å². The molecule has 0 radical (unpaired) electrons. The molecule has 0 aliphatic rings. The lowest BCUT2D eigenvalue weighted by Crippen LogP contribution is -2.61. The van der Waals surface area contributed by atoms with Gasteiger partial charge < -0.3 is 15.2 Å². The number of carbonyl (C=O) groups excluding carboxylic acids is 2. The number of carboxylic acid groups (broad SMARTS) is 1. The van der Waals surface area contributed by atoms with E-state index in [0.29, 0.717) is 0 Å². The third-order valence-electron chi connectivity index (χ3n) is 2.56. The van der Waals surface area contributed by atoms with Crippen LogP contribution in [0.25, 0.3) is 0 Å². The molecule has 24 heavy (non-hydrogen) atoms. The summed E-state index contributed by atoms with van der Waals surface area (Å²) in [6.45, 7) is 0.910. The molecule has 0 aromatic rings. The van der Waals surface area contributed by atoms with Crippen LogP contribution in [-0.2, 0) is 19.1 Å². The molecule has 1 atom stereocenters. The Kier molecular flexibility index (Phi) is 7.00. The number of hydrogen-bond acceptors (Lipinski definition) is 4. The van der Waals surface area contributed by atoms with Crippen molar-refractivity contribution in [3.8, 4) is 0 Å². The Balaban J connectivity index is 5.35. The highest BCUT2D eigenvalue weighted by atomic mass is 19.4. The fourth-order valence-electron chi connectivity index (χ4n) is 1.33. The van der Waals surface area contributed by atoms with Crippen LogP contribution in [0.1, 0.15) is 19.8 Å². The molecular formula is C11H12F7NO5. The van der Waals surface area contributed by atoms with Crippen molar-refractivity contribution < 1.29 is 55.0 Å². The van der Waals surface area contributed by atoms with Crippen LogP contribution in [0, 0.1) is 0 Å². The van der Waals surface area contributed by atoms with Gasteiger partial charge in [-0.25, -0.2) is 4.79 Å². The molecule has 0 heterocycles. The topological polar surface area (TPSA) is 92.7 Å². The molecule has 0 saturated carbocycles. The summed E-state index contributed by atoms with van der Waals surface area (Å²) in [5.74, 6) is -19.0. The van der Waals surface area contributed by atoms with Crippen LogP contribution in [0.4, 0.5) is 30.7 Å². The first-order chi connectivity index (χ1) is 10.7. The maximum absolute atomic E-state index is 13.1. The number of carboxylic acids is 1. The van der Waals surface area contributed by atoms with Gasteiger partial charge in [0.1, 0.15) is 6.04 Å². The van der Waals surface area contributed by atoms with Gasteiger partial charge in [-0.15, -0.1) is 0 Å². The van der Waals surface area contributed by atoms with E-state index >= 15 is 0 Å². The second kappa shape index (κ2) is 7.66. The van der Waals surface area contributed by atoms with Crippen molar-refractivity contribution in [3.63, 3.8) is 0 Å². The van der Waals surface area contributed by atoms with Crippen molar-refractivity contribution in [2.45, 2.75) is 43.8 Å². The highest BCUT2D eigenvalue weighted by molar-refractivity contribution is 5.89. The Morgan fingerprint density at radius 2 is 1.58 bits per heavy atom. The number of hydrogen-bond donors (Lipinski definition) is 2. The molecular weight excluding hydrogens is 359 g/mol. The predicted molar refractivity (Wildman–Crippen MR) is 61.4 cm³/mol. The number of carbonyl (C=O) groups is 3. The number of halogens is 7. The van der Waals surface area contributed by atoms with Crippen molar-refractivity contribution >= 4 is 17.8 Å². The molecule has 0 aromatic carbocycles. The van der Waals surface area contributed by atoms with Crippen LogP contribution < -0.4 is 5.32 Å². The summed E-state index contributed by atoms with van der Waals surface area (Å²) in [5, 5.41) is 9.39. The lowest BCUT2D eigenvalue weighted by Gasteiger charge is -2.28. The van der Waals surface area contributed by atoms with Gasteiger partial charge in [-0.2, -0.15) is 30.7 Å². The molecule has 0 aliphatic carbocycles. The maximum atomic E-state index is 13.1. The summed E-state index contributed by atoms with van der Waals surface area (Å²) in [5.41, 5.74) is 0. The number of alkyl halides is 7. The van der Waals surface area contributed by atoms with Gasteiger partial charge in [-0.1, -0.05) is 0 Å². The molecule has 140 valence electrons. The summed E-state index contributed by atoms with van der Waals surface area (Å²) in [6, 6.07) is -2.14. The predicted octanol–water partition coefficient (Wildman–Crippen LogP) is 1.73. The fourth-order valence-corrected chi connectivity index (χ4v) is 1.33. The first-order valence-electron chi connectivity index (χ1n) is 6.20. The third kappa shape index (κ3) is 4.96. The van der Waals surface area contributed by atoms with Crippen molar-refractivity contribution in [1.29, 1.82) is 0 Å². The zero-order chi connectivity index (χ0) is 19.3. The highest BCUT2D eigenvalue weighted by Crippen LogP contribution is 2.46. The minimum absolute atomic E-state index is 0.340. The Labute approximate surface area is 129 Å². The first-order valence-corrected chi connectivity index (χ1v) is 6.20. The van der Waals surface area contributed by atoms with Gasteiger partial charge in [0, 0.05) is 6.42 Å². The lowest BCUT2D eigenvalue weighted by molar-refractivity contribution is -0.344. The molecule has 1 amide bonds. The smallest absolute Gasteiger partial charge is 0.460 e. The second-order valence-corrected chi connectivity index (χ2v) is 4.36. The SMILES string of the molecule is CCOC(=O)[C@H](CCC(=O)O)NC(=O)C(F)(F)C(F)(F)C(F)(F)F. The molecule has 0 rings (SSSR count). The summed E-state index contributed by atoms with van der Waals surface area (Å²) in [7, 11) is 0. The summed E-state index contributed by atoms with van der Waals surface area (Å²) < 4.78 is 92.0. The molecule has 2 N–H and O–H groups in total. The summed E-state index contributed by atoms with van der Waals surface area (Å²) in [6.07, 6.45) is -8.45. The van der Waals surface area contributed by atoms with E-state index in [9.17, 15) is 45.1 Å². The van der Waals surface area contributed by atoms with Gasteiger partial charge in [0.25, 0.3) is 5.91 Å². The van der Waals surface area contributed by atoms with Gasteiger partial charge in [0.05, 0.1) is 6.61 Å². The number of ether oxygens (including phenoxy) is 1. The molecule has 0 unspecified atom stereocenters. The zero-order valence-electron chi connectivity index (χ0n) is 11.9. The third-order valence-corrected chi connectivity index (χ3v) is 2.56. The Morgan fingerprint density at radius 1 is 1.08 bits per heavy atom. The van der Waals surface area contributed by atoms with Gasteiger partial charge in [-0.05, 0) is 13.3 Å². The maximum Gasteiger partial charge on any atom is 0.460 e.